The molecule has 3 heterocycles. The lowest BCUT2D eigenvalue weighted by molar-refractivity contribution is 0.0796. The van der Waals surface area contributed by atoms with Crippen LogP contribution in [0.1, 0.15) is 24.6 Å². The Kier molecular flexibility index (Phi) is 4.93. The molecule has 0 bridgehead atoms. The maximum atomic E-state index is 12.5. The number of hydrogen-bond donors (Lipinski definition) is 1. The van der Waals surface area contributed by atoms with Crippen LogP contribution in [0.3, 0.4) is 0 Å². The average Bonchev–Trinajstić information content (AvgIpc) is 3.23. The molecular weight excluding hydrogens is 320 g/mol. The smallest absolute Gasteiger partial charge is 0.323 e. The van der Waals surface area contributed by atoms with E-state index in [4.69, 9.17) is 9.15 Å². The number of nitrogens with one attached hydrogen (secondary N) is 1. The molecule has 1 saturated heterocycles. The lowest BCUT2D eigenvalue weighted by Gasteiger charge is -2.23. The number of aromatic nitrogens is 1. The molecule has 6 nitrogen and oxygen atoms in total. The third-order valence-corrected chi connectivity index (χ3v) is 3.70. The summed E-state index contributed by atoms with van der Waals surface area (Å²) in [4.78, 5) is 18.2. The van der Waals surface area contributed by atoms with Crippen molar-refractivity contribution in [2.24, 2.45) is 0 Å². The molecule has 24 heavy (non-hydrogen) atoms. The van der Waals surface area contributed by atoms with Crippen LogP contribution in [0.15, 0.2) is 41.0 Å². The zero-order chi connectivity index (χ0) is 16.9. The molecule has 0 radical (unpaired) electrons. The maximum absolute atomic E-state index is 12.5. The highest BCUT2D eigenvalue weighted by Crippen LogP contribution is 2.32. The van der Waals surface area contributed by atoms with Crippen LogP contribution in [0.25, 0.3) is 0 Å². The lowest BCUT2D eigenvalue weighted by Crippen LogP contribution is -2.34. The largest absolute Gasteiger partial charge is 0.472 e. The Morgan fingerprint density at radius 2 is 2.29 bits per heavy atom. The second-order valence-electron chi connectivity index (χ2n) is 5.36. The van der Waals surface area contributed by atoms with Crippen molar-refractivity contribution in [3.05, 3.63) is 42.4 Å². The number of alkyl halides is 2. The first kappa shape index (κ1) is 16.2. The third kappa shape index (κ3) is 3.81. The molecule has 128 valence electrons. The molecule has 0 aliphatic carbocycles. The quantitative estimate of drug-likeness (QED) is 0.903. The summed E-state index contributed by atoms with van der Waals surface area (Å²) in [5.41, 5.74) is 0. The van der Waals surface area contributed by atoms with Crippen LogP contribution in [-0.2, 0) is 0 Å². The van der Waals surface area contributed by atoms with Gasteiger partial charge in [-0.2, -0.15) is 4.98 Å². The van der Waals surface area contributed by atoms with Gasteiger partial charge in [-0.05, 0) is 31.0 Å². The van der Waals surface area contributed by atoms with Gasteiger partial charge in [0.2, 0.25) is 5.88 Å². The second-order valence-corrected chi connectivity index (χ2v) is 5.36. The molecule has 0 unspecified atom stereocenters. The van der Waals surface area contributed by atoms with Crippen molar-refractivity contribution in [2.45, 2.75) is 25.3 Å². The van der Waals surface area contributed by atoms with E-state index in [2.05, 4.69) is 10.3 Å². The zero-order valence-corrected chi connectivity index (χ0v) is 12.8. The van der Waals surface area contributed by atoms with Crippen molar-refractivity contribution < 1.29 is 22.7 Å². The molecule has 1 aliphatic rings. The molecule has 1 atom stereocenters. The summed E-state index contributed by atoms with van der Waals surface area (Å²) in [7, 11) is 0. The van der Waals surface area contributed by atoms with E-state index >= 15 is 0 Å². The summed E-state index contributed by atoms with van der Waals surface area (Å²) in [6.45, 7) is -0.129. The molecule has 0 spiro atoms. The Bertz CT molecular complexity index is 679. The number of ether oxygens (including phenoxy) is 1. The van der Waals surface area contributed by atoms with Gasteiger partial charge in [-0.25, -0.2) is 13.6 Å². The van der Waals surface area contributed by atoms with Crippen molar-refractivity contribution in [3.8, 4) is 5.88 Å². The van der Waals surface area contributed by atoms with E-state index in [1.807, 2.05) is 6.07 Å². The van der Waals surface area contributed by atoms with Crippen molar-refractivity contribution in [3.63, 3.8) is 0 Å². The molecule has 2 aromatic rings. The number of furan rings is 1. The molecule has 3 rings (SSSR count). The van der Waals surface area contributed by atoms with Gasteiger partial charge in [0, 0.05) is 12.6 Å². The number of amides is 2. The van der Waals surface area contributed by atoms with E-state index in [1.165, 1.54) is 6.07 Å². The summed E-state index contributed by atoms with van der Waals surface area (Å²) in [6.07, 6.45) is 0.703. The Labute approximate surface area is 137 Å². The summed E-state index contributed by atoms with van der Waals surface area (Å²) in [5.74, 6) is 1.03. The van der Waals surface area contributed by atoms with E-state index < -0.39 is 13.0 Å². The van der Waals surface area contributed by atoms with Crippen molar-refractivity contribution in [1.82, 2.24) is 9.88 Å². The first-order valence-corrected chi connectivity index (χ1v) is 7.62. The summed E-state index contributed by atoms with van der Waals surface area (Å²) < 4.78 is 34.6. The molecule has 1 fully saturated rings. The fourth-order valence-corrected chi connectivity index (χ4v) is 2.68. The minimum absolute atomic E-state index is 0.0390. The fourth-order valence-electron chi connectivity index (χ4n) is 2.68. The Morgan fingerprint density at radius 1 is 1.42 bits per heavy atom. The van der Waals surface area contributed by atoms with Crippen LogP contribution in [0, 0.1) is 0 Å². The third-order valence-electron chi connectivity index (χ3n) is 3.70. The highest BCUT2D eigenvalue weighted by molar-refractivity contribution is 5.88. The number of hydrogen-bond acceptors (Lipinski definition) is 4. The highest BCUT2D eigenvalue weighted by Gasteiger charge is 2.31. The molecule has 1 aliphatic heterocycles. The van der Waals surface area contributed by atoms with E-state index in [0.717, 1.165) is 18.6 Å². The standard InChI is InChI=1S/C16H17F2N3O3/c17-13(18)10-24-15-7-1-6-14(19-15)20-16(22)21-8-2-4-11(21)12-5-3-9-23-12/h1,3,5-7,9,11,13H,2,4,8,10H2,(H,19,20,22)/t11-/m1/s1. The summed E-state index contributed by atoms with van der Waals surface area (Å²) in [6, 6.07) is 7.82. The Balaban J connectivity index is 1.65. The summed E-state index contributed by atoms with van der Waals surface area (Å²) in [5, 5.41) is 2.67. The number of carbonyl (C=O) groups excluding carboxylic acids is 1. The van der Waals surface area contributed by atoms with Gasteiger partial charge >= 0.3 is 6.03 Å². The van der Waals surface area contributed by atoms with Crippen LogP contribution in [0.4, 0.5) is 19.4 Å². The normalized spacial score (nSPS) is 17.3. The van der Waals surface area contributed by atoms with Crippen molar-refractivity contribution in [2.75, 3.05) is 18.5 Å². The van der Waals surface area contributed by atoms with Crippen LogP contribution in [0.5, 0.6) is 5.88 Å². The van der Waals surface area contributed by atoms with E-state index in [-0.39, 0.29) is 23.8 Å². The van der Waals surface area contributed by atoms with E-state index in [1.54, 1.807) is 29.4 Å². The molecule has 0 aromatic carbocycles. The van der Waals surface area contributed by atoms with Crippen LogP contribution < -0.4 is 10.1 Å². The number of urea groups is 1. The zero-order valence-electron chi connectivity index (χ0n) is 12.8. The number of nitrogens with zero attached hydrogens (tertiary/aromatic N) is 2. The predicted molar refractivity (Wildman–Crippen MR) is 82.1 cm³/mol. The Hall–Kier alpha value is -2.64. The molecule has 0 saturated carbocycles. The van der Waals surface area contributed by atoms with Gasteiger partial charge in [-0.1, -0.05) is 6.07 Å². The molecular formula is C16H17F2N3O3. The van der Waals surface area contributed by atoms with Crippen LogP contribution in [-0.4, -0.2) is 35.5 Å². The van der Waals surface area contributed by atoms with Gasteiger partial charge in [0.1, 0.15) is 11.6 Å². The number of likely N-dealkylation sites (tertiary alicyclic amines) is 1. The van der Waals surface area contributed by atoms with Gasteiger partial charge in [-0.3, -0.25) is 5.32 Å². The maximum Gasteiger partial charge on any atom is 0.323 e. The fraction of sp³-hybridized carbons (Fsp3) is 0.375. The molecule has 1 N–H and O–H groups in total. The first-order chi connectivity index (χ1) is 11.6. The number of halogens is 2. The highest BCUT2D eigenvalue weighted by atomic mass is 19.3. The number of rotatable bonds is 5. The second kappa shape index (κ2) is 7.29. The SMILES string of the molecule is O=C(Nc1cccc(OCC(F)F)n1)N1CCC[C@@H]1c1ccco1. The van der Waals surface area contributed by atoms with Gasteiger partial charge in [0.25, 0.3) is 6.43 Å². The van der Waals surface area contributed by atoms with Crippen LogP contribution in [0.2, 0.25) is 0 Å². The minimum atomic E-state index is -2.58. The predicted octanol–water partition coefficient (Wildman–Crippen LogP) is 3.69. The molecule has 2 amide bonds. The van der Waals surface area contributed by atoms with Gasteiger partial charge < -0.3 is 14.1 Å². The lowest BCUT2D eigenvalue weighted by atomic mass is 10.2. The van der Waals surface area contributed by atoms with Gasteiger partial charge in [0.05, 0.1) is 12.3 Å². The van der Waals surface area contributed by atoms with Gasteiger partial charge in [-0.15, -0.1) is 0 Å². The minimum Gasteiger partial charge on any atom is -0.472 e. The number of anilines is 1. The Morgan fingerprint density at radius 3 is 3.04 bits per heavy atom. The molecule has 8 heteroatoms. The van der Waals surface area contributed by atoms with Crippen LogP contribution >= 0.6 is 0 Å². The average molecular weight is 337 g/mol. The van der Waals surface area contributed by atoms with Gasteiger partial charge in [0.15, 0.2) is 6.61 Å². The van der Waals surface area contributed by atoms with E-state index in [9.17, 15) is 13.6 Å². The molecule has 2 aromatic heterocycles. The first-order valence-electron chi connectivity index (χ1n) is 7.62. The number of carbonyl (C=O) groups is 1. The van der Waals surface area contributed by atoms with E-state index in [0.29, 0.717) is 6.54 Å². The monoisotopic (exact) mass is 337 g/mol. The number of pyridine rings is 1. The van der Waals surface area contributed by atoms with Crippen molar-refractivity contribution >= 4 is 11.8 Å². The van der Waals surface area contributed by atoms with Crippen molar-refractivity contribution in [1.29, 1.82) is 0 Å². The summed E-state index contributed by atoms with van der Waals surface area (Å²) >= 11 is 0. The topological polar surface area (TPSA) is 67.6 Å².